The molecule has 2 rings (SSSR count). The molecule has 0 aliphatic rings. The molecule has 94 valence electrons. The van der Waals surface area contributed by atoms with Crippen LogP contribution in [0.3, 0.4) is 0 Å². The standard InChI is InChI=1S/C9H8ClN5O3/c1-14-9(11-12-13-14)5-18-8-3-2-6(15(16)17)4-7(8)10/h2-4H,5H2,1H3. The summed E-state index contributed by atoms with van der Waals surface area (Å²) in [5.41, 5.74) is -0.0901. The summed E-state index contributed by atoms with van der Waals surface area (Å²) in [6.07, 6.45) is 0. The molecule has 0 saturated carbocycles. The smallest absolute Gasteiger partial charge is 0.271 e. The normalized spacial score (nSPS) is 10.3. The van der Waals surface area contributed by atoms with Crippen LogP contribution >= 0.6 is 11.6 Å². The van der Waals surface area contributed by atoms with Crippen LogP contribution < -0.4 is 4.74 Å². The van der Waals surface area contributed by atoms with E-state index in [1.807, 2.05) is 0 Å². The lowest BCUT2D eigenvalue weighted by Crippen LogP contribution is -2.04. The third-order valence-electron chi connectivity index (χ3n) is 2.19. The quantitative estimate of drug-likeness (QED) is 0.614. The van der Waals surface area contributed by atoms with Crippen molar-refractivity contribution in [2.45, 2.75) is 6.61 Å². The maximum atomic E-state index is 10.5. The number of nitrogens with zero attached hydrogens (tertiary/aromatic N) is 5. The Kier molecular flexibility index (Phi) is 3.38. The highest BCUT2D eigenvalue weighted by atomic mass is 35.5. The van der Waals surface area contributed by atoms with Crippen LogP contribution in [0.25, 0.3) is 0 Å². The largest absolute Gasteiger partial charge is 0.484 e. The first-order valence-electron chi connectivity index (χ1n) is 4.86. The summed E-state index contributed by atoms with van der Waals surface area (Å²) in [6.45, 7) is 0.126. The van der Waals surface area contributed by atoms with Gasteiger partial charge < -0.3 is 4.74 Å². The number of ether oxygens (including phenoxy) is 1. The number of rotatable bonds is 4. The van der Waals surface area contributed by atoms with E-state index in [1.165, 1.54) is 22.9 Å². The van der Waals surface area contributed by atoms with Gasteiger partial charge in [0.05, 0.1) is 9.95 Å². The van der Waals surface area contributed by atoms with Gasteiger partial charge in [-0.25, -0.2) is 4.68 Å². The average molecular weight is 270 g/mol. The first-order chi connectivity index (χ1) is 8.58. The number of halogens is 1. The third-order valence-corrected chi connectivity index (χ3v) is 2.49. The molecule has 0 fully saturated rings. The molecular weight excluding hydrogens is 262 g/mol. The van der Waals surface area contributed by atoms with E-state index in [2.05, 4.69) is 15.5 Å². The van der Waals surface area contributed by atoms with Crippen LogP contribution in [0.5, 0.6) is 5.75 Å². The molecule has 0 bridgehead atoms. The van der Waals surface area contributed by atoms with Crippen molar-refractivity contribution in [1.29, 1.82) is 0 Å². The highest BCUT2D eigenvalue weighted by Crippen LogP contribution is 2.28. The number of benzene rings is 1. The molecule has 1 aromatic heterocycles. The molecule has 0 amide bonds. The van der Waals surface area contributed by atoms with Gasteiger partial charge in [0.25, 0.3) is 5.69 Å². The molecule has 1 heterocycles. The lowest BCUT2D eigenvalue weighted by molar-refractivity contribution is -0.384. The molecule has 18 heavy (non-hydrogen) atoms. The molecule has 0 atom stereocenters. The van der Waals surface area contributed by atoms with Crippen molar-refractivity contribution in [3.05, 3.63) is 39.2 Å². The van der Waals surface area contributed by atoms with Crippen molar-refractivity contribution < 1.29 is 9.66 Å². The molecule has 0 unspecified atom stereocenters. The zero-order valence-electron chi connectivity index (χ0n) is 9.28. The number of aromatic nitrogens is 4. The van der Waals surface area contributed by atoms with Crippen LogP contribution in [0.4, 0.5) is 5.69 Å². The minimum absolute atomic E-state index is 0.0901. The van der Waals surface area contributed by atoms with Crippen LogP contribution in [-0.2, 0) is 13.7 Å². The highest BCUT2D eigenvalue weighted by Gasteiger charge is 2.11. The Morgan fingerprint density at radius 2 is 2.33 bits per heavy atom. The molecule has 2 aromatic rings. The first-order valence-corrected chi connectivity index (χ1v) is 5.23. The molecule has 0 saturated heterocycles. The summed E-state index contributed by atoms with van der Waals surface area (Å²) in [6, 6.07) is 3.98. The number of hydrogen-bond donors (Lipinski definition) is 0. The van der Waals surface area contributed by atoms with Gasteiger partial charge in [-0.15, -0.1) is 5.10 Å². The predicted octanol–water partition coefficient (Wildman–Crippen LogP) is 1.35. The van der Waals surface area contributed by atoms with Gasteiger partial charge in [-0.2, -0.15) is 0 Å². The van der Waals surface area contributed by atoms with E-state index in [4.69, 9.17) is 16.3 Å². The first kappa shape index (κ1) is 12.2. The molecule has 9 heteroatoms. The second-order valence-corrected chi connectivity index (χ2v) is 3.79. The average Bonchev–Trinajstić information content (AvgIpc) is 2.73. The Hall–Kier alpha value is -2.22. The Labute approximate surface area is 106 Å². The minimum atomic E-state index is -0.526. The van der Waals surface area contributed by atoms with Crippen molar-refractivity contribution in [2.24, 2.45) is 7.05 Å². The van der Waals surface area contributed by atoms with Gasteiger partial charge in [0.2, 0.25) is 0 Å². The fraction of sp³-hybridized carbons (Fsp3) is 0.222. The predicted molar refractivity (Wildman–Crippen MR) is 61.2 cm³/mol. The van der Waals surface area contributed by atoms with Crippen LogP contribution in [0.1, 0.15) is 5.82 Å². The van der Waals surface area contributed by atoms with E-state index in [-0.39, 0.29) is 17.3 Å². The Morgan fingerprint density at radius 1 is 1.56 bits per heavy atom. The SMILES string of the molecule is Cn1nnnc1COc1ccc([N+](=O)[O-])cc1Cl. The number of nitro benzene ring substituents is 1. The molecule has 0 N–H and O–H groups in total. The number of non-ortho nitro benzene ring substituents is 1. The van der Waals surface area contributed by atoms with Crippen LogP contribution in [0, 0.1) is 10.1 Å². The van der Waals surface area contributed by atoms with Crippen molar-refractivity contribution in [2.75, 3.05) is 0 Å². The molecule has 0 spiro atoms. The Morgan fingerprint density at radius 3 is 2.89 bits per heavy atom. The van der Waals surface area contributed by atoms with E-state index >= 15 is 0 Å². The van der Waals surface area contributed by atoms with Gasteiger partial charge in [0, 0.05) is 19.2 Å². The van der Waals surface area contributed by atoms with Crippen molar-refractivity contribution in [1.82, 2.24) is 20.2 Å². The van der Waals surface area contributed by atoms with E-state index in [1.54, 1.807) is 7.05 Å². The monoisotopic (exact) mass is 269 g/mol. The van der Waals surface area contributed by atoms with Crippen molar-refractivity contribution >= 4 is 17.3 Å². The zero-order valence-corrected chi connectivity index (χ0v) is 10.0. The lowest BCUT2D eigenvalue weighted by Gasteiger charge is -2.06. The summed E-state index contributed by atoms with van der Waals surface area (Å²) >= 11 is 5.87. The Balaban J connectivity index is 2.11. The van der Waals surface area contributed by atoms with Gasteiger partial charge in [-0.05, 0) is 16.5 Å². The minimum Gasteiger partial charge on any atom is -0.484 e. The van der Waals surface area contributed by atoms with Gasteiger partial charge in [-0.3, -0.25) is 10.1 Å². The number of tetrazole rings is 1. The summed E-state index contributed by atoms with van der Waals surface area (Å²) in [5, 5.41) is 21.5. The summed E-state index contributed by atoms with van der Waals surface area (Å²) in [5.74, 6) is 0.856. The second kappa shape index (κ2) is 4.96. The molecule has 1 aromatic carbocycles. The number of aryl methyl sites for hydroxylation is 1. The van der Waals surface area contributed by atoms with Gasteiger partial charge in [-0.1, -0.05) is 11.6 Å². The van der Waals surface area contributed by atoms with Crippen LogP contribution in [0.15, 0.2) is 18.2 Å². The molecule has 0 aliphatic heterocycles. The van der Waals surface area contributed by atoms with Crippen molar-refractivity contribution in [3.8, 4) is 5.75 Å². The van der Waals surface area contributed by atoms with E-state index in [9.17, 15) is 10.1 Å². The van der Waals surface area contributed by atoms with Gasteiger partial charge >= 0.3 is 0 Å². The molecule has 0 radical (unpaired) electrons. The maximum Gasteiger partial charge on any atom is 0.271 e. The van der Waals surface area contributed by atoms with Crippen LogP contribution in [0.2, 0.25) is 5.02 Å². The zero-order chi connectivity index (χ0) is 13.1. The fourth-order valence-electron chi connectivity index (χ4n) is 1.23. The summed E-state index contributed by atoms with van der Waals surface area (Å²) in [7, 11) is 1.68. The summed E-state index contributed by atoms with van der Waals surface area (Å²) in [4.78, 5) is 10.0. The van der Waals surface area contributed by atoms with E-state index in [0.717, 1.165) is 0 Å². The summed E-state index contributed by atoms with van der Waals surface area (Å²) < 4.78 is 6.84. The van der Waals surface area contributed by atoms with Gasteiger partial charge in [0.15, 0.2) is 5.82 Å². The van der Waals surface area contributed by atoms with E-state index in [0.29, 0.717) is 11.6 Å². The second-order valence-electron chi connectivity index (χ2n) is 3.38. The van der Waals surface area contributed by atoms with Gasteiger partial charge in [0.1, 0.15) is 12.4 Å². The molecular formula is C9H8ClN5O3. The van der Waals surface area contributed by atoms with Crippen molar-refractivity contribution in [3.63, 3.8) is 0 Å². The number of hydrogen-bond acceptors (Lipinski definition) is 6. The highest BCUT2D eigenvalue weighted by molar-refractivity contribution is 6.32. The molecule has 8 nitrogen and oxygen atoms in total. The topological polar surface area (TPSA) is 96.0 Å². The van der Waals surface area contributed by atoms with E-state index < -0.39 is 4.92 Å². The maximum absolute atomic E-state index is 10.5. The fourth-order valence-corrected chi connectivity index (χ4v) is 1.46. The number of nitro groups is 1. The Bertz CT molecular complexity index is 585. The molecule has 0 aliphatic carbocycles. The third kappa shape index (κ3) is 2.54. The van der Waals surface area contributed by atoms with Crippen LogP contribution in [-0.4, -0.2) is 25.1 Å². The lowest BCUT2D eigenvalue weighted by atomic mass is 10.3.